The van der Waals surface area contributed by atoms with Gasteiger partial charge >= 0.3 is 6.09 Å². The van der Waals surface area contributed by atoms with Crippen molar-refractivity contribution in [3.8, 4) is 0 Å². The Bertz CT molecular complexity index is 856. The third-order valence-corrected chi connectivity index (χ3v) is 4.62. The van der Waals surface area contributed by atoms with E-state index >= 15 is 0 Å². The number of alkyl carbamates (subject to hydrolysis) is 1. The zero-order valence-corrected chi connectivity index (χ0v) is 21.6. The number of ether oxygens (including phenoxy) is 1. The van der Waals surface area contributed by atoms with Crippen molar-refractivity contribution in [1.29, 1.82) is 0 Å². The molecule has 190 valence electrons. The van der Waals surface area contributed by atoms with E-state index in [0.717, 1.165) is 0 Å². The van der Waals surface area contributed by atoms with Gasteiger partial charge in [0.15, 0.2) is 0 Å². The van der Waals surface area contributed by atoms with Gasteiger partial charge in [0.2, 0.25) is 17.7 Å². The number of nitrogens with one attached hydrogen (secondary N) is 2. The maximum Gasteiger partial charge on any atom is 0.408 e. The van der Waals surface area contributed by atoms with Crippen LogP contribution in [0.2, 0.25) is 0 Å². The average Bonchev–Trinajstić information content (AvgIpc) is 2.66. The van der Waals surface area contributed by atoms with Crippen LogP contribution in [-0.4, -0.2) is 51.9 Å². The number of hydrogen-bond acceptors (Lipinski definition) is 5. The molecule has 4 N–H and O–H groups in total. The van der Waals surface area contributed by atoms with E-state index in [1.165, 1.54) is 4.90 Å². The molecule has 2 unspecified atom stereocenters. The summed E-state index contributed by atoms with van der Waals surface area (Å²) in [6, 6.07) is 6.48. The molecular formula is C25H40N4O5. The quantitative estimate of drug-likeness (QED) is 0.504. The normalized spacial score (nSPS) is 13.6. The van der Waals surface area contributed by atoms with Crippen LogP contribution >= 0.6 is 0 Å². The molecule has 0 fully saturated rings. The first-order chi connectivity index (χ1) is 15.5. The van der Waals surface area contributed by atoms with Crippen molar-refractivity contribution < 1.29 is 23.9 Å². The molecule has 0 spiro atoms. The van der Waals surface area contributed by atoms with Gasteiger partial charge in [-0.2, -0.15) is 0 Å². The van der Waals surface area contributed by atoms with Crippen LogP contribution in [0.15, 0.2) is 30.3 Å². The molecule has 0 aliphatic carbocycles. The Hall–Kier alpha value is -3.10. The van der Waals surface area contributed by atoms with Gasteiger partial charge in [0, 0.05) is 18.0 Å². The third-order valence-electron chi connectivity index (χ3n) is 4.62. The molecule has 0 saturated carbocycles. The number of nitrogens with two attached hydrogens (primary N) is 1. The summed E-state index contributed by atoms with van der Waals surface area (Å²) >= 11 is 0. The van der Waals surface area contributed by atoms with Crippen molar-refractivity contribution in [1.82, 2.24) is 15.5 Å². The smallest absolute Gasteiger partial charge is 0.408 e. The van der Waals surface area contributed by atoms with Crippen molar-refractivity contribution in [2.24, 2.45) is 5.73 Å². The second-order valence-corrected chi connectivity index (χ2v) is 10.6. The lowest BCUT2D eigenvalue weighted by Gasteiger charge is -2.38. The molecule has 9 heteroatoms. The summed E-state index contributed by atoms with van der Waals surface area (Å²) in [6.45, 7) is 14.3. The number of primary amides is 1. The van der Waals surface area contributed by atoms with Crippen LogP contribution in [0.25, 0.3) is 0 Å². The van der Waals surface area contributed by atoms with E-state index in [-0.39, 0.29) is 18.7 Å². The van der Waals surface area contributed by atoms with E-state index in [9.17, 15) is 19.2 Å². The summed E-state index contributed by atoms with van der Waals surface area (Å²) < 4.78 is 5.31. The van der Waals surface area contributed by atoms with Crippen molar-refractivity contribution in [2.75, 3.05) is 0 Å². The first kappa shape index (κ1) is 28.9. The van der Waals surface area contributed by atoms with Gasteiger partial charge in [-0.15, -0.1) is 0 Å². The molecule has 0 saturated heterocycles. The summed E-state index contributed by atoms with van der Waals surface area (Å²) in [6.07, 6.45) is -0.948. The van der Waals surface area contributed by atoms with Gasteiger partial charge in [0.1, 0.15) is 17.7 Å². The Morgan fingerprint density at radius 1 is 1.00 bits per heavy atom. The van der Waals surface area contributed by atoms with E-state index in [2.05, 4.69) is 10.6 Å². The maximum atomic E-state index is 13.8. The number of carbonyl (C=O) groups is 4. The second-order valence-electron chi connectivity index (χ2n) is 10.6. The molecule has 0 aromatic heterocycles. The fourth-order valence-electron chi connectivity index (χ4n) is 3.37. The van der Waals surface area contributed by atoms with Crippen LogP contribution in [0.3, 0.4) is 0 Å². The van der Waals surface area contributed by atoms with E-state index < -0.39 is 47.2 Å². The molecule has 1 aromatic carbocycles. The van der Waals surface area contributed by atoms with Crippen molar-refractivity contribution in [3.63, 3.8) is 0 Å². The van der Waals surface area contributed by atoms with E-state index in [1.807, 2.05) is 26.8 Å². The lowest BCUT2D eigenvalue weighted by Crippen LogP contribution is -2.56. The lowest BCUT2D eigenvalue weighted by atomic mass is 9.98. The Morgan fingerprint density at radius 3 is 2.00 bits per heavy atom. The molecule has 1 aromatic rings. The molecule has 0 aliphatic heterocycles. The first-order valence-corrected chi connectivity index (χ1v) is 11.5. The van der Waals surface area contributed by atoms with Crippen LogP contribution in [-0.2, 0) is 19.1 Å². The Morgan fingerprint density at radius 2 is 1.56 bits per heavy atom. The minimum atomic E-state index is -1.11. The fourth-order valence-corrected chi connectivity index (χ4v) is 3.37. The highest BCUT2D eigenvalue weighted by Gasteiger charge is 2.38. The van der Waals surface area contributed by atoms with Gasteiger partial charge in [-0.1, -0.05) is 30.3 Å². The van der Waals surface area contributed by atoms with Gasteiger partial charge in [-0.05, 0) is 67.4 Å². The minimum Gasteiger partial charge on any atom is -0.444 e. The topological polar surface area (TPSA) is 131 Å². The monoisotopic (exact) mass is 476 g/mol. The Labute approximate surface area is 202 Å². The van der Waals surface area contributed by atoms with E-state index in [1.54, 1.807) is 58.9 Å². The van der Waals surface area contributed by atoms with Gasteiger partial charge < -0.3 is 26.0 Å². The molecule has 1 rings (SSSR count). The molecule has 0 bridgehead atoms. The predicted octanol–water partition coefficient (Wildman–Crippen LogP) is 3.04. The standard InChI is InChI=1S/C25H40N4O5/c1-16(2)29(20(17-12-10-9-11-13-17)21(31)28-24(3,4)5)22(32)18(14-15-19(26)30)27-23(33)34-25(6,7)8/h9-13,16,18,20H,14-15H2,1-8H3,(H2,26,30)(H,27,33)(H,28,31). The number of benzene rings is 1. The largest absolute Gasteiger partial charge is 0.444 e. The highest BCUT2D eigenvalue weighted by Crippen LogP contribution is 2.26. The van der Waals surface area contributed by atoms with Crippen LogP contribution in [0.4, 0.5) is 4.79 Å². The maximum absolute atomic E-state index is 13.8. The SMILES string of the molecule is CC(C)N(C(=O)C(CCC(N)=O)NC(=O)OC(C)(C)C)C(C(=O)NC(C)(C)C)c1ccccc1. The molecule has 9 nitrogen and oxygen atoms in total. The molecular weight excluding hydrogens is 436 g/mol. The van der Waals surface area contributed by atoms with Gasteiger partial charge in [-0.3, -0.25) is 14.4 Å². The highest BCUT2D eigenvalue weighted by atomic mass is 16.6. The number of nitrogens with zero attached hydrogens (tertiary/aromatic N) is 1. The van der Waals surface area contributed by atoms with Crippen molar-refractivity contribution in [2.45, 2.75) is 97.5 Å². The van der Waals surface area contributed by atoms with Gasteiger partial charge in [0.25, 0.3) is 0 Å². The average molecular weight is 477 g/mol. The number of carbonyl (C=O) groups excluding carboxylic acids is 4. The zero-order chi connectivity index (χ0) is 26.3. The summed E-state index contributed by atoms with van der Waals surface area (Å²) in [4.78, 5) is 52.6. The number of amides is 4. The van der Waals surface area contributed by atoms with Crippen LogP contribution < -0.4 is 16.4 Å². The lowest BCUT2D eigenvalue weighted by molar-refractivity contribution is -0.145. The van der Waals surface area contributed by atoms with Gasteiger partial charge in [-0.25, -0.2) is 4.79 Å². The highest BCUT2D eigenvalue weighted by molar-refractivity contribution is 5.92. The van der Waals surface area contributed by atoms with Crippen molar-refractivity contribution in [3.05, 3.63) is 35.9 Å². The summed E-state index contributed by atoms with van der Waals surface area (Å²) in [5, 5.41) is 5.52. The molecule has 34 heavy (non-hydrogen) atoms. The first-order valence-electron chi connectivity index (χ1n) is 11.5. The summed E-state index contributed by atoms with van der Waals surface area (Å²) in [5.74, 6) is -1.48. The molecule has 2 atom stereocenters. The van der Waals surface area contributed by atoms with E-state index in [4.69, 9.17) is 10.5 Å². The molecule has 0 radical (unpaired) electrons. The molecule has 0 aliphatic rings. The Balaban J connectivity index is 3.43. The van der Waals surface area contributed by atoms with Crippen LogP contribution in [0, 0.1) is 0 Å². The van der Waals surface area contributed by atoms with Crippen LogP contribution in [0.5, 0.6) is 0 Å². The van der Waals surface area contributed by atoms with Gasteiger partial charge in [0.05, 0.1) is 0 Å². The summed E-state index contributed by atoms with van der Waals surface area (Å²) in [5.41, 5.74) is 4.62. The molecule has 4 amide bonds. The minimum absolute atomic E-state index is 0.0287. The third kappa shape index (κ3) is 9.80. The van der Waals surface area contributed by atoms with Crippen molar-refractivity contribution >= 4 is 23.8 Å². The zero-order valence-electron chi connectivity index (χ0n) is 21.6. The van der Waals surface area contributed by atoms with E-state index in [0.29, 0.717) is 5.56 Å². The second kappa shape index (κ2) is 11.9. The number of hydrogen-bond donors (Lipinski definition) is 3. The predicted molar refractivity (Wildman–Crippen MR) is 131 cm³/mol. The molecule has 0 heterocycles. The Kier molecular flexibility index (Phi) is 10.1. The number of rotatable bonds is 9. The summed E-state index contributed by atoms with van der Waals surface area (Å²) in [7, 11) is 0. The fraction of sp³-hybridized carbons (Fsp3) is 0.600. The van der Waals surface area contributed by atoms with Crippen LogP contribution in [0.1, 0.15) is 79.8 Å².